The van der Waals surface area contributed by atoms with Crippen LogP contribution in [-0.4, -0.2) is 41.9 Å². The molecule has 0 saturated heterocycles. The van der Waals surface area contributed by atoms with Gasteiger partial charge < -0.3 is 4.90 Å². The summed E-state index contributed by atoms with van der Waals surface area (Å²) in [6.45, 7) is 5.11. The average molecular weight is 383 g/mol. The predicted octanol–water partition coefficient (Wildman–Crippen LogP) is 3.95. The molecule has 1 aliphatic rings. The van der Waals surface area contributed by atoms with Gasteiger partial charge in [-0.3, -0.25) is 10.1 Å². The van der Waals surface area contributed by atoms with Gasteiger partial charge in [-0.25, -0.2) is 4.40 Å². The van der Waals surface area contributed by atoms with Crippen LogP contribution in [-0.2, 0) is 0 Å². The van der Waals surface area contributed by atoms with Crippen LogP contribution in [0.15, 0.2) is 80.5 Å². The zero-order valence-electron chi connectivity index (χ0n) is 15.7. The van der Waals surface area contributed by atoms with E-state index in [0.717, 1.165) is 5.70 Å². The molecule has 0 aromatic heterocycles. The Morgan fingerprint density at radius 1 is 1.48 bits per heavy atom. The Hall–Kier alpha value is -3.14. The number of azo groups is 1. The molecule has 0 amide bonds. The van der Waals surface area contributed by atoms with Gasteiger partial charge in [0.15, 0.2) is 0 Å². The van der Waals surface area contributed by atoms with Gasteiger partial charge >= 0.3 is 0 Å². The monoisotopic (exact) mass is 383 g/mol. The van der Waals surface area contributed by atoms with Crippen LogP contribution in [0.1, 0.15) is 6.92 Å². The second-order valence-electron chi connectivity index (χ2n) is 5.37. The fraction of sp³-hybridized carbons (Fsp3) is 0.263. The van der Waals surface area contributed by atoms with Gasteiger partial charge in [-0.15, -0.1) is 0 Å². The Morgan fingerprint density at radius 2 is 2.22 bits per heavy atom. The van der Waals surface area contributed by atoms with E-state index in [1.54, 1.807) is 18.4 Å². The highest BCUT2D eigenvalue weighted by molar-refractivity contribution is 7.97. The number of rotatable bonds is 7. The van der Waals surface area contributed by atoms with Crippen LogP contribution in [0.5, 0.6) is 0 Å². The van der Waals surface area contributed by atoms with Crippen molar-refractivity contribution in [2.75, 3.05) is 20.4 Å². The molecule has 140 valence electrons. The van der Waals surface area contributed by atoms with Gasteiger partial charge in [-0.2, -0.15) is 10.2 Å². The first kappa shape index (κ1) is 21.9. The van der Waals surface area contributed by atoms with Gasteiger partial charge in [0.2, 0.25) is 0 Å². The van der Waals surface area contributed by atoms with Gasteiger partial charge in [0, 0.05) is 32.2 Å². The average Bonchev–Trinajstić information content (AvgIpc) is 2.88. The molecular weight excluding hydrogens is 362 g/mol. The Kier molecular flexibility index (Phi) is 9.30. The van der Waals surface area contributed by atoms with E-state index in [4.69, 9.17) is 0 Å². The maximum atomic E-state index is 10.8. The van der Waals surface area contributed by atoms with Gasteiger partial charge in [0.25, 0.3) is 6.04 Å². The van der Waals surface area contributed by atoms with Gasteiger partial charge in [-0.1, -0.05) is 18.2 Å². The highest BCUT2D eigenvalue weighted by Crippen LogP contribution is 2.11. The van der Waals surface area contributed by atoms with Crippen LogP contribution in [0.4, 0.5) is 0 Å². The van der Waals surface area contributed by atoms with E-state index in [1.165, 1.54) is 31.1 Å². The first-order valence-corrected chi connectivity index (χ1v) is 9.09. The molecule has 1 rings (SSSR count). The minimum atomic E-state index is -1.00. The normalized spacial score (nSPS) is 15.4. The van der Waals surface area contributed by atoms with E-state index < -0.39 is 11.0 Å². The van der Waals surface area contributed by atoms with E-state index in [-0.39, 0.29) is 0 Å². The second-order valence-corrected chi connectivity index (χ2v) is 5.92. The van der Waals surface area contributed by atoms with Gasteiger partial charge in [-0.05, 0) is 48.2 Å². The summed E-state index contributed by atoms with van der Waals surface area (Å²) in [6, 6.07) is -1.00. The molecule has 7 nitrogen and oxygen atoms in total. The van der Waals surface area contributed by atoms with Crippen molar-refractivity contribution >= 4 is 17.7 Å². The lowest BCUT2D eigenvalue weighted by Gasteiger charge is -2.09. The smallest absolute Gasteiger partial charge is 0.270 e. The summed E-state index contributed by atoms with van der Waals surface area (Å²) in [5.74, 6) is 5.30. The molecule has 0 aromatic carbocycles. The summed E-state index contributed by atoms with van der Waals surface area (Å²) in [7, 11) is 3.85. The molecular formula is C19H21N5O2S. The maximum absolute atomic E-state index is 10.8. The molecule has 0 aliphatic heterocycles. The van der Waals surface area contributed by atoms with Crippen molar-refractivity contribution in [1.29, 1.82) is 0 Å². The zero-order chi connectivity index (χ0) is 20.2. The molecule has 8 heteroatoms. The third-order valence-electron chi connectivity index (χ3n) is 3.13. The largest absolute Gasteiger partial charge is 0.371 e. The third kappa shape index (κ3) is 7.74. The Morgan fingerprint density at radius 3 is 2.81 bits per heavy atom. The van der Waals surface area contributed by atoms with Crippen molar-refractivity contribution in [1.82, 2.24) is 4.90 Å². The lowest BCUT2D eigenvalue weighted by molar-refractivity contribution is -0.502. The van der Waals surface area contributed by atoms with Crippen LogP contribution in [0, 0.1) is 22.0 Å². The van der Waals surface area contributed by atoms with Gasteiger partial charge in [0.1, 0.15) is 0 Å². The fourth-order valence-electron chi connectivity index (χ4n) is 1.67. The highest BCUT2D eigenvalue weighted by Gasteiger charge is 2.08. The summed E-state index contributed by atoms with van der Waals surface area (Å²) in [4.78, 5) is 12.2. The maximum Gasteiger partial charge on any atom is 0.270 e. The highest BCUT2D eigenvalue weighted by atomic mass is 32.2. The van der Waals surface area contributed by atoms with E-state index >= 15 is 0 Å². The van der Waals surface area contributed by atoms with Crippen molar-refractivity contribution < 1.29 is 4.92 Å². The fourth-order valence-corrected chi connectivity index (χ4v) is 2.04. The number of nitrogens with zero attached hydrogens (tertiary/aromatic N) is 5. The first-order valence-electron chi connectivity index (χ1n) is 7.91. The molecule has 1 atom stereocenters. The Balaban J connectivity index is 3.10. The molecule has 0 heterocycles. The molecule has 0 aromatic rings. The topological polar surface area (TPSA) is 83.5 Å². The lowest BCUT2D eigenvalue weighted by Crippen LogP contribution is -2.12. The molecule has 0 N–H and O–H groups in total. The molecule has 0 bridgehead atoms. The predicted molar refractivity (Wildman–Crippen MR) is 111 cm³/mol. The Labute approximate surface area is 163 Å². The number of likely N-dealkylation sites (N-methyl/N-ethyl adjacent to an activating group) is 1. The van der Waals surface area contributed by atoms with Gasteiger partial charge in [0.05, 0.1) is 28.9 Å². The number of allylic oxidation sites excluding steroid dienone is 5. The van der Waals surface area contributed by atoms with Crippen molar-refractivity contribution in [3.05, 3.63) is 76.0 Å². The van der Waals surface area contributed by atoms with E-state index in [1.807, 2.05) is 31.1 Å². The summed E-state index contributed by atoms with van der Waals surface area (Å²) < 4.78 is 4.19. The van der Waals surface area contributed by atoms with Crippen LogP contribution in [0.25, 0.3) is 0 Å². The standard InChI is InChI=1S/C19H21N5O2S/c1-6-19(22-27-5)16(11-10-15(2)24(25)26)14-20-21-17-8-7-9-18(13-12-17)23(3)4/h6-8,12-15H,1H2,2-5H3/b16-14?,21-20?,22-19-. The minimum absolute atomic E-state index is 0.401. The van der Waals surface area contributed by atoms with Crippen molar-refractivity contribution in [3.63, 3.8) is 0 Å². The van der Waals surface area contributed by atoms with E-state index in [2.05, 4.69) is 38.8 Å². The lowest BCUT2D eigenvalue weighted by atomic mass is 10.1. The minimum Gasteiger partial charge on any atom is -0.371 e. The van der Waals surface area contributed by atoms with E-state index in [9.17, 15) is 10.1 Å². The van der Waals surface area contributed by atoms with Crippen LogP contribution < -0.4 is 0 Å². The zero-order valence-corrected chi connectivity index (χ0v) is 16.5. The molecule has 0 saturated carbocycles. The SMILES string of the molecule is C=C/C(=N/SC)C(C#CC(C)[N+](=O)[O-])=CN=NC1=CC=C=C(N(C)C)C=C1. The quantitative estimate of drug-likeness (QED) is 0.127. The van der Waals surface area contributed by atoms with Crippen molar-refractivity contribution in [3.8, 4) is 11.8 Å². The molecule has 27 heavy (non-hydrogen) atoms. The van der Waals surface area contributed by atoms with Crippen molar-refractivity contribution in [2.24, 2.45) is 14.6 Å². The second kappa shape index (κ2) is 11.5. The molecule has 1 unspecified atom stereocenters. The first-order chi connectivity index (χ1) is 12.9. The van der Waals surface area contributed by atoms with Crippen LogP contribution >= 0.6 is 11.9 Å². The van der Waals surface area contributed by atoms with Crippen LogP contribution in [0.2, 0.25) is 0 Å². The third-order valence-corrected chi connectivity index (χ3v) is 3.51. The molecule has 0 fully saturated rings. The summed E-state index contributed by atoms with van der Waals surface area (Å²) in [5.41, 5.74) is 5.53. The van der Waals surface area contributed by atoms with E-state index in [0.29, 0.717) is 17.0 Å². The number of hydrogen-bond donors (Lipinski definition) is 0. The summed E-state index contributed by atoms with van der Waals surface area (Å²) >= 11 is 1.23. The molecule has 1 aliphatic carbocycles. The molecule has 0 spiro atoms. The van der Waals surface area contributed by atoms with Crippen molar-refractivity contribution in [2.45, 2.75) is 13.0 Å². The number of hydrogen-bond acceptors (Lipinski definition) is 7. The summed E-state index contributed by atoms with van der Waals surface area (Å²) in [6.07, 6.45) is 11.9. The summed E-state index contributed by atoms with van der Waals surface area (Å²) in [5, 5.41) is 18.9. The Bertz CT molecular complexity index is 860. The molecule has 0 radical (unpaired) electrons. The number of nitro groups is 1. The van der Waals surface area contributed by atoms with Crippen LogP contribution in [0.3, 0.4) is 0 Å².